The quantitative estimate of drug-likeness (QED) is 0.302. The van der Waals surface area contributed by atoms with E-state index in [4.69, 9.17) is 0 Å². The lowest BCUT2D eigenvalue weighted by Crippen LogP contribution is -2.39. The number of hydrogen-bond donors (Lipinski definition) is 2. The van der Waals surface area contributed by atoms with Gasteiger partial charge >= 0.3 is 0 Å². The van der Waals surface area contributed by atoms with Crippen molar-refractivity contribution in [2.45, 2.75) is 39.7 Å². The minimum absolute atomic E-state index is 0. The van der Waals surface area contributed by atoms with Crippen molar-refractivity contribution in [3.8, 4) is 0 Å². The molecular weight excluding hydrogens is 419 g/mol. The molecule has 0 amide bonds. The van der Waals surface area contributed by atoms with Crippen LogP contribution in [0.5, 0.6) is 0 Å². The van der Waals surface area contributed by atoms with Gasteiger partial charge in [-0.2, -0.15) is 0 Å². The van der Waals surface area contributed by atoms with E-state index in [2.05, 4.69) is 45.8 Å². The van der Waals surface area contributed by atoms with E-state index in [0.717, 1.165) is 25.0 Å². The standard InChI is InChI=1S/C17H30N4S.HI/c1-14-6-4-9-21(13-14)10-5-8-19-17(18-3)20-12-16-15(2)7-11-22-16;/h7,11,14H,4-6,8-10,12-13H2,1-3H3,(H2,18,19,20);1H. The van der Waals surface area contributed by atoms with E-state index in [9.17, 15) is 0 Å². The van der Waals surface area contributed by atoms with E-state index < -0.39 is 0 Å². The summed E-state index contributed by atoms with van der Waals surface area (Å²) in [6.45, 7) is 10.1. The minimum Gasteiger partial charge on any atom is -0.356 e. The number of nitrogens with one attached hydrogen (secondary N) is 2. The molecule has 132 valence electrons. The Labute approximate surface area is 162 Å². The molecule has 23 heavy (non-hydrogen) atoms. The highest BCUT2D eigenvalue weighted by atomic mass is 127. The smallest absolute Gasteiger partial charge is 0.191 e. The third kappa shape index (κ3) is 7.39. The van der Waals surface area contributed by atoms with Gasteiger partial charge in [0.15, 0.2) is 5.96 Å². The Morgan fingerprint density at radius 3 is 2.91 bits per heavy atom. The number of thiophene rings is 1. The van der Waals surface area contributed by atoms with Crippen LogP contribution in [0.3, 0.4) is 0 Å². The minimum atomic E-state index is 0. The van der Waals surface area contributed by atoms with Gasteiger partial charge in [0.25, 0.3) is 0 Å². The number of hydrogen-bond acceptors (Lipinski definition) is 3. The lowest BCUT2D eigenvalue weighted by atomic mass is 10.0. The first-order valence-corrected chi connectivity index (χ1v) is 9.27. The summed E-state index contributed by atoms with van der Waals surface area (Å²) in [5.41, 5.74) is 1.35. The summed E-state index contributed by atoms with van der Waals surface area (Å²) in [5.74, 6) is 1.77. The molecule has 2 N–H and O–H groups in total. The van der Waals surface area contributed by atoms with Crippen molar-refractivity contribution in [3.05, 3.63) is 21.9 Å². The van der Waals surface area contributed by atoms with Gasteiger partial charge < -0.3 is 15.5 Å². The summed E-state index contributed by atoms with van der Waals surface area (Å²) in [6.07, 6.45) is 3.93. The van der Waals surface area contributed by atoms with E-state index in [1.165, 1.54) is 49.3 Å². The fourth-order valence-corrected chi connectivity index (χ4v) is 3.81. The zero-order chi connectivity index (χ0) is 15.8. The number of aryl methyl sites for hydroxylation is 1. The maximum Gasteiger partial charge on any atom is 0.191 e. The molecule has 0 spiro atoms. The van der Waals surface area contributed by atoms with Crippen LogP contribution in [0.1, 0.15) is 36.6 Å². The van der Waals surface area contributed by atoms with Crippen LogP contribution in [0.4, 0.5) is 0 Å². The first-order chi connectivity index (χ1) is 10.7. The average Bonchev–Trinajstić information content (AvgIpc) is 2.92. The van der Waals surface area contributed by atoms with Crippen LogP contribution in [0.25, 0.3) is 0 Å². The maximum absolute atomic E-state index is 4.30. The predicted octanol–water partition coefficient (Wildman–Crippen LogP) is 3.46. The predicted molar refractivity (Wildman–Crippen MR) is 112 cm³/mol. The summed E-state index contributed by atoms with van der Waals surface area (Å²) in [6, 6.07) is 2.16. The highest BCUT2D eigenvalue weighted by molar-refractivity contribution is 14.0. The van der Waals surface area contributed by atoms with E-state index in [-0.39, 0.29) is 24.0 Å². The molecular formula is C17H31IN4S. The molecule has 0 aliphatic carbocycles. The molecule has 1 aliphatic heterocycles. The molecule has 1 saturated heterocycles. The molecule has 6 heteroatoms. The highest BCUT2D eigenvalue weighted by Gasteiger charge is 2.15. The second-order valence-electron chi connectivity index (χ2n) is 6.28. The lowest BCUT2D eigenvalue weighted by Gasteiger charge is -2.30. The van der Waals surface area contributed by atoms with Gasteiger partial charge in [-0.1, -0.05) is 6.92 Å². The van der Waals surface area contributed by atoms with Crippen LogP contribution in [-0.2, 0) is 6.54 Å². The van der Waals surface area contributed by atoms with Crippen molar-refractivity contribution < 1.29 is 0 Å². The Hall–Kier alpha value is -0.340. The molecule has 0 aromatic carbocycles. The molecule has 1 aliphatic rings. The fraction of sp³-hybridized carbons (Fsp3) is 0.706. The lowest BCUT2D eigenvalue weighted by molar-refractivity contribution is 0.182. The molecule has 4 nitrogen and oxygen atoms in total. The fourth-order valence-electron chi connectivity index (χ4n) is 2.97. The normalized spacial score (nSPS) is 19.3. The van der Waals surface area contributed by atoms with Gasteiger partial charge in [0.1, 0.15) is 0 Å². The third-order valence-electron chi connectivity index (χ3n) is 4.29. The number of guanidine groups is 1. The van der Waals surface area contributed by atoms with E-state index in [1.807, 2.05) is 7.05 Å². The Morgan fingerprint density at radius 2 is 2.26 bits per heavy atom. The van der Waals surface area contributed by atoms with Gasteiger partial charge in [0, 0.05) is 25.0 Å². The van der Waals surface area contributed by atoms with Crippen LogP contribution in [0.15, 0.2) is 16.4 Å². The highest BCUT2D eigenvalue weighted by Crippen LogP contribution is 2.15. The number of piperidine rings is 1. The van der Waals surface area contributed by atoms with Crippen LogP contribution in [-0.4, -0.2) is 44.1 Å². The zero-order valence-electron chi connectivity index (χ0n) is 14.6. The second kappa shape index (κ2) is 11.3. The van der Waals surface area contributed by atoms with Crippen molar-refractivity contribution >= 4 is 41.3 Å². The first kappa shape index (κ1) is 20.7. The van der Waals surface area contributed by atoms with E-state index in [1.54, 1.807) is 11.3 Å². The second-order valence-corrected chi connectivity index (χ2v) is 7.28. The van der Waals surface area contributed by atoms with E-state index >= 15 is 0 Å². The molecule has 0 bridgehead atoms. The van der Waals surface area contributed by atoms with Crippen molar-refractivity contribution in [3.63, 3.8) is 0 Å². The Kier molecular flexibility index (Phi) is 10.1. The Morgan fingerprint density at radius 1 is 1.43 bits per heavy atom. The number of nitrogens with zero attached hydrogens (tertiary/aromatic N) is 2. The topological polar surface area (TPSA) is 39.7 Å². The van der Waals surface area contributed by atoms with Crippen LogP contribution < -0.4 is 10.6 Å². The summed E-state index contributed by atoms with van der Waals surface area (Å²) in [7, 11) is 1.84. The molecule has 1 fully saturated rings. The van der Waals surface area contributed by atoms with Crippen LogP contribution in [0.2, 0.25) is 0 Å². The molecule has 2 heterocycles. The maximum atomic E-state index is 4.30. The summed E-state index contributed by atoms with van der Waals surface area (Å²) >= 11 is 1.80. The molecule has 1 unspecified atom stereocenters. The zero-order valence-corrected chi connectivity index (χ0v) is 17.7. The summed E-state index contributed by atoms with van der Waals surface area (Å²) < 4.78 is 0. The van der Waals surface area contributed by atoms with Crippen molar-refractivity contribution in [1.82, 2.24) is 15.5 Å². The number of halogens is 1. The van der Waals surface area contributed by atoms with E-state index in [0.29, 0.717) is 0 Å². The summed E-state index contributed by atoms with van der Waals surface area (Å²) in [4.78, 5) is 8.28. The molecule has 2 rings (SSSR count). The average molecular weight is 450 g/mol. The van der Waals surface area contributed by atoms with Gasteiger partial charge in [0.2, 0.25) is 0 Å². The molecule has 0 radical (unpaired) electrons. The van der Waals surface area contributed by atoms with Crippen molar-refractivity contribution in [2.24, 2.45) is 10.9 Å². The largest absolute Gasteiger partial charge is 0.356 e. The van der Waals surface area contributed by atoms with Gasteiger partial charge in [0.05, 0.1) is 6.54 Å². The van der Waals surface area contributed by atoms with Crippen molar-refractivity contribution in [1.29, 1.82) is 0 Å². The van der Waals surface area contributed by atoms with Gasteiger partial charge in [-0.15, -0.1) is 35.3 Å². The first-order valence-electron chi connectivity index (χ1n) is 8.39. The Balaban J connectivity index is 0.00000264. The Bertz CT molecular complexity index is 475. The van der Waals surface area contributed by atoms with Crippen molar-refractivity contribution in [2.75, 3.05) is 33.2 Å². The van der Waals surface area contributed by atoms with Gasteiger partial charge in [-0.3, -0.25) is 4.99 Å². The van der Waals surface area contributed by atoms with Gasteiger partial charge in [-0.25, -0.2) is 0 Å². The monoisotopic (exact) mass is 450 g/mol. The SMILES string of the molecule is CN=C(NCCCN1CCCC(C)C1)NCc1sccc1C.I. The molecule has 1 aromatic rings. The number of rotatable bonds is 6. The summed E-state index contributed by atoms with van der Waals surface area (Å²) in [5, 5.41) is 8.95. The van der Waals surface area contributed by atoms with Crippen LogP contribution in [0, 0.1) is 12.8 Å². The molecule has 1 aromatic heterocycles. The number of likely N-dealkylation sites (tertiary alicyclic amines) is 1. The van der Waals surface area contributed by atoms with Gasteiger partial charge in [-0.05, 0) is 62.2 Å². The third-order valence-corrected chi connectivity index (χ3v) is 5.32. The molecule has 0 saturated carbocycles. The number of aliphatic imine (C=N–C) groups is 1. The van der Waals surface area contributed by atoms with Crippen LogP contribution >= 0.6 is 35.3 Å². The molecule has 1 atom stereocenters.